The van der Waals surface area contributed by atoms with Crippen molar-refractivity contribution in [3.8, 4) is 0 Å². The van der Waals surface area contributed by atoms with Gasteiger partial charge in [-0.2, -0.15) is 0 Å². The molecule has 1 heterocycles. The largest absolute Gasteiger partial charge is 0.468 e. The monoisotopic (exact) mass is 578 g/mol. The van der Waals surface area contributed by atoms with Gasteiger partial charge in [-0.05, 0) is 30.2 Å². The van der Waals surface area contributed by atoms with Crippen LogP contribution in [-0.2, 0) is 30.3 Å². The standard InChI is InChI=1S/C35H59FO5/c1-29-30(2)34(40-27-31-23-19-18-20-24-31)35(38-3)41-33(29)32(36)25-21-16-14-12-10-8-6-4-5-7-9-11-13-15-17-22-26-39-28-37/h18-20,23-24,28-30,32-35H,4-17,21-22,25-27H2,1-3H3/t29-,30-,32-,33?,34?,35-/m0/s1. The molecule has 1 aliphatic heterocycles. The molecule has 6 heteroatoms. The van der Waals surface area contributed by atoms with Crippen LogP contribution in [0.4, 0.5) is 4.39 Å². The molecule has 1 saturated heterocycles. The van der Waals surface area contributed by atoms with Crippen LogP contribution in [-0.4, -0.2) is 44.9 Å². The maximum Gasteiger partial charge on any atom is 0.293 e. The molecule has 0 radical (unpaired) electrons. The van der Waals surface area contributed by atoms with Gasteiger partial charge in [-0.3, -0.25) is 4.79 Å². The molecule has 6 atom stereocenters. The van der Waals surface area contributed by atoms with Crippen LogP contribution in [0, 0.1) is 11.8 Å². The Morgan fingerprint density at radius 1 is 0.780 bits per heavy atom. The van der Waals surface area contributed by atoms with Gasteiger partial charge in [-0.1, -0.05) is 140 Å². The number of carbonyl (C=O) groups excluding carboxylic acids is 1. The zero-order chi connectivity index (χ0) is 29.5. The fourth-order valence-electron chi connectivity index (χ4n) is 6.02. The molecule has 0 saturated carbocycles. The Labute approximate surface area is 250 Å². The molecule has 0 aliphatic carbocycles. The first-order chi connectivity index (χ1) is 20.1. The summed E-state index contributed by atoms with van der Waals surface area (Å²) in [5, 5.41) is 0. The van der Waals surface area contributed by atoms with Crippen LogP contribution in [0.2, 0.25) is 0 Å². The van der Waals surface area contributed by atoms with Crippen LogP contribution in [0.3, 0.4) is 0 Å². The van der Waals surface area contributed by atoms with Crippen molar-refractivity contribution in [2.75, 3.05) is 13.7 Å². The third-order valence-corrected chi connectivity index (χ3v) is 8.86. The van der Waals surface area contributed by atoms with E-state index in [0.717, 1.165) is 31.2 Å². The Morgan fingerprint density at radius 3 is 1.80 bits per heavy atom. The summed E-state index contributed by atoms with van der Waals surface area (Å²) in [6, 6.07) is 10.1. The maximum atomic E-state index is 15.3. The van der Waals surface area contributed by atoms with Gasteiger partial charge in [-0.25, -0.2) is 4.39 Å². The van der Waals surface area contributed by atoms with Crippen molar-refractivity contribution < 1.29 is 28.1 Å². The first-order valence-corrected chi connectivity index (χ1v) is 16.6. The van der Waals surface area contributed by atoms with E-state index in [1.165, 1.54) is 77.0 Å². The molecule has 41 heavy (non-hydrogen) atoms. The number of rotatable bonds is 25. The normalized spacial score (nSPS) is 23.4. The van der Waals surface area contributed by atoms with Gasteiger partial charge >= 0.3 is 0 Å². The van der Waals surface area contributed by atoms with Gasteiger partial charge in [0, 0.05) is 7.11 Å². The number of ether oxygens (including phenoxy) is 4. The molecule has 1 aliphatic rings. The summed E-state index contributed by atoms with van der Waals surface area (Å²) in [4.78, 5) is 10.1. The van der Waals surface area contributed by atoms with E-state index in [1.807, 2.05) is 30.3 Å². The lowest BCUT2D eigenvalue weighted by atomic mass is 9.81. The summed E-state index contributed by atoms with van der Waals surface area (Å²) in [5.74, 6) is 0.213. The topological polar surface area (TPSA) is 54.0 Å². The van der Waals surface area contributed by atoms with Gasteiger partial charge < -0.3 is 18.9 Å². The molecule has 5 nitrogen and oxygen atoms in total. The Balaban J connectivity index is 1.45. The first-order valence-electron chi connectivity index (χ1n) is 16.6. The smallest absolute Gasteiger partial charge is 0.293 e. The Kier molecular flexibility index (Phi) is 20.0. The first kappa shape index (κ1) is 35.7. The lowest BCUT2D eigenvalue weighted by Crippen LogP contribution is -2.53. The van der Waals surface area contributed by atoms with E-state index in [0.29, 0.717) is 26.1 Å². The molecule has 0 aromatic heterocycles. The van der Waals surface area contributed by atoms with Gasteiger partial charge in [0.05, 0.1) is 19.3 Å². The highest BCUT2D eigenvalue weighted by Gasteiger charge is 2.45. The van der Waals surface area contributed by atoms with Crippen molar-refractivity contribution in [3.05, 3.63) is 35.9 Å². The van der Waals surface area contributed by atoms with E-state index in [1.54, 1.807) is 7.11 Å². The van der Waals surface area contributed by atoms with Crippen molar-refractivity contribution in [1.82, 2.24) is 0 Å². The van der Waals surface area contributed by atoms with E-state index >= 15 is 4.39 Å². The average Bonchev–Trinajstić information content (AvgIpc) is 2.99. The predicted octanol–water partition coefficient (Wildman–Crippen LogP) is 9.36. The van der Waals surface area contributed by atoms with Crippen molar-refractivity contribution in [2.24, 2.45) is 11.8 Å². The highest BCUT2D eigenvalue weighted by Crippen LogP contribution is 2.36. The minimum atomic E-state index is -0.969. The second-order valence-electron chi connectivity index (χ2n) is 12.1. The summed E-state index contributed by atoms with van der Waals surface area (Å²) in [7, 11) is 1.62. The third kappa shape index (κ3) is 15.0. The van der Waals surface area contributed by atoms with E-state index in [4.69, 9.17) is 18.9 Å². The molecule has 236 valence electrons. The molecule has 2 rings (SSSR count). The van der Waals surface area contributed by atoms with Crippen LogP contribution >= 0.6 is 0 Å². The van der Waals surface area contributed by atoms with Gasteiger partial charge in [0.25, 0.3) is 6.47 Å². The number of hydrogen-bond acceptors (Lipinski definition) is 5. The summed E-state index contributed by atoms with van der Waals surface area (Å²) in [6.07, 6.45) is 18.3. The highest BCUT2D eigenvalue weighted by molar-refractivity contribution is 5.36. The van der Waals surface area contributed by atoms with Crippen molar-refractivity contribution in [2.45, 2.75) is 154 Å². The van der Waals surface area contributed by atoms with Crippen molar-refractivity contribution >= 4 is 6.47 Å². The van der Waals surface area contributed by atoms with Gasteiger partial charge in [0.1, 0.15) is 12.3 Å². The zero-order valence-corrected chi connectivity index (χ0v) is 26.3. The van der Waals surface area contributed by atoms with Gasteiger partial charge in [0.2, 0.25) is 0 Å². The molecular weight excluding hydrogens is 519 g/mol. The molecule has 0 bridgehead atoms. The fourth-order valence-corrected chi connectivity index (χ4v) is 6.02. The average molecular weight is 579 g/mol. The van der Waals surface area contributed by atoms with E-state index in [2.05, 4.69) is 13.8 Å². The molecule has 0 amide bonds. The van der Waals surface area contributed by atoms with Crippen molar-refractivity contribution in [1.29, 1.82) is 0 Å². The molecule has 1 fully saturated rings. The number of hydrogen-bond donors (Lipinski definition) is 0. The minimum absolute atomic E-state index is 0.0673. The second-order valence-corrected chi connectivity index (χ2v) is 12.1. The summed E-state index contributed by atoms with van der Waals surface area (Å²) in [6.45, 7) is 5.82. The van der Waals surface area contributed by atoms with Crippen LogP contribution in [0.1, 0.15) is 129 Å². The number of carbonyl (C=O) groups is 1. The number of halogens is 1. The number of alkyl halides is 1. The summed E-state index contributed by atoms with van der Waals surface area (Å²) < 4.78 is 37.9. The molecule has 2 unspecified atom stereocenters. The lowest BCUT2D eigenvalue weighted by Gasteiger charge is -2.44. The quantitative estimate of drug-likeness (QED) is 0.0854. The highest BCUT2D eigenvalue weighted by atomic mass is 19.1. The van der Waals surface area contributed by atoms with Gasteiger partial charge in [-0.15, -0.1) is 0 Å². The lowest BCUT2D eigenvalue weighted by molar-refractivity contribution is -0.284. The summed E-state index contributed by atoms with van der Waals surface area (Å²) >= 11 is 0. The fraction of sp³-hybridized carbons (Fsp3) is 0.800. The van der Waals surface area contributed by atoms with E-state index in [9.17, 15) is 4.79 Å². The molecule has 0 N–H and O–H groups in total. The Morgan fingerprint density at radius 2 is 1.29 bits per heavy atom. The molecule has 1 aromatic rings. The van der Waals surface area contributed by atoms with Crippen LogP contribution in [0.5, 0.6) is 0 Å². The van der Waals surface area contributed by atoms with Crippen LogP contribution < -0.4 is 0 Å². The van der Waals surface area contributed by atoms with Crippen LogP contribution in [0.25, 0.3) is 0 Å². The molecule has 1 aromatic carbocycles. The minimum Gasteiger partial charge on any atom is -0.468 e. The maximum absolute atomic E-state index is 15.3. The SMILES string of the molecule is CO[C@H]1OC([C@@H](F)CCCCCCCCCCCCCCCCCCOC=O)[C@@H](C)[C@H](C)C1OCc1ccccc1. The van der Waals surface area contributed by atoms with Crippen molar-refractivity contribution in [3.63, 3.8) is 0 Å². The number of unbranched alkanes of at least 4 members (excludes halogenated alkanes) is 15. The zero-order valence-electron chi connectivity index (χ0n) is 26.3. The third-order valence-electron chi connectivity index (χ3n) is 8.86. The van der Waals surface area contributed by atoms with Crippen LogP contribution in [0.15, 0.2) is 30.3 Å². The van der Waals surface area contributed by atoms with E-state index < -0.39 is 18.6 Å². The molecular formula is C35H59FO5. The van der Waals surface area contributed by atoms with Gasteiger partial charge in [0.15, 0.2) is 6.29 Å². The summed E-state index contributed by atoms with van der Waals surface area (Å²) in [5.41, 5.74) is 1.11. The molecule has 0 spiro atoms. The predicted molar refractivity (Wildman–Crippen MR) is 164 cm³/mol. The van der Waals surface area contributed by atoms with E-state index in [-0.39, 0.29) is 17.9 Å². The number of benzene rings is 1. The Bertz CT molecular complexity index is 745. The second kappa shape index (κ2) is 23.0. The number of methoxy groups -OCH3 is 1. The Hall–Kier alpha value is -1.50.